The van der Waals surface area contributed by atoms with E-state index in [1.54, 1.807) is 16.5 Å². The van der Waals surface area contributed by atoms with Gasteiger partial charge in [0.1, 0.15) is 0 Å². The summed E-state index contributed by atoms with van der Waals surface area (Å²) in [6.07, 6.45) is 0. The summed E-state index contributed by atoms with van der Waals surface area (Å²) >= 11 is 2.97. The second-order valence-corrected chi connectivity index (χ2v) is 7.98. The van der Waals surface area contributed by atoms with E-state index in [4.69, 9.17) is 0 Å². The Hall–Kier alpha value is -3.04. The summed E-state index contributed by atoms with van der Waals surface area (Å²) in [5.74, 6) is 0.545. The molecule has 0 radical (unpaired) electrons. The van der Waals surface area contributed by atoms with Gasteiger partial charge in [-0.25, -0.2) is 9.67 Å². The van der Waals surface area contributed by atoms with Crippen molar-refractivity contribution in [1.29, 1.82) is 0 Å². The van der Waals surface area contributed by atoms with Crippen molar-refractivity contribution >= 4 is 39.8 Å². The Bertz CT molecular complexity index is 1080. The van der Waals surface area contributed by atoms with Crippen molar-refractivity contribution < 1.29 is 4.79 Å². The Morgan fingerprint density at radius 2 is 1.83 bits per heavy atom. The molecule has 4 rings (SSSR count). The lowest BCUT2D eigenvalue weighted by atomic mass is 10.2. The zero-order valence-electron chi connectivity index (χ0n) is 15.7. The number of carbonyl (C=O) groups is 1. The predicted octanol–water partition coefficient (Wildman–Crippen LogP) is 4.15. The third-order valence-corrected chi connectivity index (χ3v) is 5.95. The zero-order valence-corrected chi connectivity index (χ0v) is 17.3. The molecule has 0 saturated carbocycles. The lowest BCUT2D eigenvalue weighted by Crippen LogP contribution is -2.22. The molecule has 7 nitrogen and oxygen atoms in total. The van der Waals surface area contributed by atoms with Gasteiger partial charge in [0.25, 0.3) is 0 Å². The zero-order chi connectivity index (χ0) is 20.1. The number of hydrogen-bond donors (Lipinski definition) is 0. The maximum absolute atomic E-state index is 12.2. The van der Waals surface area contributed by atoms with E-state index >= 15 is 0 Å². The molecule has 1 amide bonds. The summed E-state index contributed by atoms with van der Waals surface area (Å²) in [6, 6.07) is 19.6. The number of amides is 1. The van der Waals surface area contributed by atoms with E-state index in [-0.39, 0.29) is 5.91 Å². The molecule has 2 aromatic heterocycles. The van der Waals surface area contributed by atoms with Crippen molar-refractivity contribution in [3.8, 4) is 0 Å². The molecular weight excluding hydrogens is 404 g/mol. The number of para-hydroxylation sites is 1. The molecule has 0 unspecified atom stereocenters. The lowest BCUT2D eigenvalue weighted by Gasteiger charge is -2.17. The Kier molecular flexibility index (Phi) is 5.97. The minimum Gasteiger partial charge on any atom is -0.274 e. The maximum Gasteiger partial charge on any atom is 0.230 e. The highest BCUT2D eigenvalue weighted by molar-refractivity contribution is 7.98. The largest absolute Gasteiger partial charge is 0.274 e. The molecule has 9 heteroatoms. The highest BCUT2D eigenvalue weighted by Crippen LogP contribution is 2.30. The summed E-state index contributed by atoms with van der Waals surface area (Å²) < 4.78 is 1.78. The van der Waals surface area contributed by atoms with E-state index in [2.05, 4.69) is 20.5 Å². The number of rotatable bonds is 7. The van der Waals surface area contributed by atoms with Crippen LogP contribution in [0.2, 0.25) is 0 Å². The number of thiazole rings is 1. The van der Waals surface area contributed by atoms with E-state index in [1.807, 2.05) is 66.0 Å². The Morgan fingerprint density at radius 1 is 1.10 bits per heavy atom. The average molecular weight is 423 g/mol. The minimum absolute atomic E-state index is 0.0726. The van der Waals surface area contributed by atoms with Gasteiger partial charge in [-0.15, -0.1) is 16.4 Å². The van der Waals surface area contributed by atoms with Crippen LogP contribution in [0.15, 0.2) is 71.2 Å². The molecule has 0 aliphatic heterocycles. The van der Waals surface area contributed by atoms with Crippen LogP contribution in [0, 0.1) is 0 Å². The molecule has 0 fully saturated rings. The fraction of sp³-hybridized carbons (Fsp3) is 0.150. The fourth-order valence-electron chi connectivity index (χ4n) is 2.76. The summed E-state index contributed by atoms with van der Waals surface area (Å²) in [5, 5.41) is 15.4. The first-order valence-electron chi connectivity index (χ1n) is 8.94. The third-order valence-electron chi connectivity index (χ3n) is 4.08. The highest BCUT2D eigenvalue weighted by Gasteiger charge is 2.18. The number of hydrogen-bond acceptors (Lipinski definition) is 7. The molecule has 146 valence electrons. The van der Waals surface area contributed by atoms with E-state index in [0.717, 1.165) is 22.1 Å². The number of nitrogens with zero attached hydrogens (tertiary/aromatic N) is 6. The summed E-state index contributed by atoms with van der Waals surface area (Å²) in [7, 11) is 0. The van der Waals surface area contributed by atoms with Gasteiger partial charge in [-0.05, 0) is 28.1 Å². The van der Waals surface area contributed by atoms with E-state index in [9.17, 15) is 4.79 Å². The molecule has 0 bridgehead atoms. The average Bonchev–Trinajstić information content (AvgIpc) is 3.37. The molecule has 0 spiro atoms. The summed E-state index contributed by atoms with van der Waals surface area (Å²) in [4.78, 5) is 18.4. The molecule has 0 aliphatic carbocycles. The first-order valence-corrected chi connectivity index (χ1v) is 10.8. The van der Waals surface area contributed by atoms with Gasteiger partial charge in [-0.3, -0.25) is 9.69 Å². The van der Waals surface area contributed by atoms with Crippen molar-refractivity contribution in [3.05, 3.63) is 77.3 Å². The van der Waals surface area contributed by atoms with Crippen LogP contribution >= 0.6 is 23.1 Å². The lowest BCUT2D eigenvalue weighted by molar-refractivity contribution is -0.115. The van der Waals surface area contributed by atoms with Crippen LogP contribution in [-0.2, 0) is 17.1 Å². The topological polar surface area (TPSA) is 76.8 Å². The fourth-order valence-corrected chi connectivity index (χ4v) is 4.52. The van der Waals surface area contributed by atoms with Crippen LogP contribution < -0.4 is 4.90 Å². The molecule has 4 aromatic rings. The molecule has 0 N–H and O–H groups in total. The van der Waals surface area contributed by atoms with Crippen molar-refractivity contribution in [2.45, 2.75) is 24.4 Å². The smallest absolute Gasteiger partial charge is 0.230 e. The van der Waals surface area contributed by atoms with Crippen LogP contribution in [0.1, 0.15) is 18.2 Å². The molecule has 2 aromatic carbocycles. The number of benzene rings is 2. The number of anilines is 2. The highest BCUT2D eigenvalue weighted by atomic mass is 32.2. The van der Waals surface area contributed by atoms with Crippen LogP contribution in [0.5, 0.6) is 0 Å². The van der Waals surface area contributed by atoms with Crippen LogP contribution in [0.3, 0.4) is 0 Å². The van der Waals surface area contributed by atoms with E-state index < -0.39 is 0 Å². The van der Waals surface area contributed by atoms with Gasteiger partial charge in [-0.2, -0.15) is 0 Å². The van der Waals surface area contributed by atoms with Gasteiger partial charge < -0.3 is 0 Å². The third kappa shape index (κ3) is 4.69. The molecule has 0 saturated heterocycles. The van der Waals surface area contributed by atoms with Crippen molar-refractivity contribution in [2.24, 2.45) is 0 Å². The first-order chi connectivity index (χ1) is 14.2. The minimum atomic E-state index is -0.0726. The molecule has 0 atom stereocenters. The van der Waals surface area contributed by atoms with E-state index in [0.29, 0.717) is 17.4 Å². The molecule has 2 heterocycles. The monoisotopic (exact) mass is 422 g/mol. The van der Waals surface area contributed by atoms with Crippen LogP contribution in [0.25, 0.3) is 0 Å². The Morgan fingerprint density at radius 3 is 2.55 bits per heavy atom. The first kappa shape index (κ1) is 19.3. The molecule has 0 aliphatic rings. The summed E-state index contributed by atoms with van der Waals surface area (Å²) in [5.41, 5.74) is 2.82. The normalized spacial score (nSPS) is 10.8. The maximum atomic E-state index is 12.2. The molecule has 29 heavy (non-hydrogen) atoms. The standard InChI is InChI=1S/C20H18N6OS2/c1-15(27)26(18-10-6-3-7-11-18)19-21-17(13-28-19)14-29-20-22-23-24-25(20)12-16-8-4-2-5-9-16/h2-11,13H,12,14H2,1H3. The number of aromatic nitrogens is 5. The predicted molar refractivity (Wildman–Crippen MR) is 114 cm³/mol. The second kappa shape index (κ2) is 8.97. The Labute approximate surface area is 176 Å². The quantitative estimate of drug-likeness (QED) is 0.416. The van der Waals surface area contributed by atoms with Crippen molar-refractivity contribution in [2.75, 3.05) is 4.90 Å². The SMILES string of the molecule is CC(=O)N(c1ccccc1)c1nc(CSc2nnnn2Cc2ccccc2)cs1. The van der Waals surface area contributed by atoms with Crippen molar-refractivity contribution in [1.82, 2.24) is 25.2 Å². The van der Waals surface area contributed by atoms with Gasteiger partial charge in [0.2, 0.25) is 11.1 Å². The van der Waals surface area contributed by atoms with Gasteiger partial charge in [0.15, 0.2) is 5.13 Å². The Balaban J connectivity index is 1.45. The van der Waals surface area contributed by atoms with Crippen molar-refractivity contribution in [3.63, 3.8) is 0 Å². The summed E-state index contributed by atoms with van der Waals surface area (Å²) in [6.45, 7) is 2.16. The van der Waals surface area contributed by atoms with Gasteiger partial charge in [-0.1, -0.05) is 60.3 Å². The number of thioether (sulfide) groups is 1. The van der Waals surface area contributed by atoms with Gasteiger partial charge >= 0.3 is 0 Å². The van der Waals surface area contributed by atoms with Gasteiger partial charge in [0.05, 0.1) is 17.9 Å². The second-order valence-electron chi connectivity index (χ2n) is 6.20. The van der Waals surface area contributed by atoms with Gasteiger partial charge in [0, 0.05) is 18.1 Å². The van der Waals surface area contributed by atoms with E-state index in [1.165, 1.54) is 23.1 Å². The molecular formula is C20H18N6OS2. The number of tetrazole rings is 1. The van der Waals surface area contributed by atoms with Crippen LogP contribution in [0.4, 0.5) is 10.8 Å². The van der Waals surface area contributed by atoms with Crippen LogP contribution in [-0.4, -0.2) is 31.1 Å². The number of carbonyl (C=O) groups excluding carboxylic acids is 1.